The number of esters is 1. The highest BCUT2D eigenvalue weighted by Gasteiger charge is 2.17. The highest BCUT2D eigenvalue weighted by Crippen LogP contribution is 2.33. The Morgan fingerprint density at radius 3 is 3.05 bits per heavy atom. The molecule has 108 valence electrons. The molecule has 2 aromatic rings. The van der Waals surface area contributed by atoms with Gasteiger partial charge in [-0.1, -0.05) is 0 Å². The van der Waals surface area contributed by atoms with Crippen LogP contribution in [0.3, 0.4) is 0 Å². The van der Waals surface area contributed by atoms with Crippen molar-refractivity contribution in [3.05, 3.63) is 28.0 Å². The van der Waals surface area contributed by atoms with Gasteiger partial charge in [-0.3, -0.25) is 4.79 Å². The van der Waals surface area contributed by atoms with Crippen LogP contribution in [-0.2, 0) is 16.1 Å². The minimum atomic E-state index is -0.591. The van der Waals surface area contributed by atoms with Gasteiger partial charge in [0.25, 0.3) is 0 Å². The maximum atomic E-state index is 14.1. The Morgan fingerprint density at radius 2 is 2.38 bits per heavy atom. The first-order chi connectivity index (χ1) is 10.1. The fourth-order valence-corrected chi connectivity index (χ4v) is 2.72. The molecule has 0 radical (unpaired) electrons. The molecule has 0 bridgehead atoms. The van der Waals surface area contributed by atoms with Crippen molar-refractivity contribution in [3.8, 4) is 6.07 Å². The second kappa shape index (κ2) is 6.64. The summed E-state index contributed by atoms with van der Waals surface area (Å²) < 4.78 is 19.9. The lowest BCUT2D eigenvalue weighted by molar-refractivity contribution is -0.141. The van der Waals surface area contributed by atoms with Gasteiger partial charge in [0.1, 0.15) is 12.6 Å². The van der Waals surface area contributed by atoms with Crippen molar-refractivity contribution in [1.29, 1.82) is 5.26 Å². The van der Waals surface area contributed by atoms with Crippen molar-refractivity contribution < 1.29 is 13.9 Å². The molecule has 0 atom stereocenters. The lowest BCUT2D eigenvalue weighted by atomic mass is 10.2. The largest absolute Gasteiger partial charge is 0.468 e. The predicted molar refractivity (Wildman–Crippen MR) is 72.8 cm³/mol. The number of carbonyl (C=O) groups excluding carboxylic acids is 1. The Bertz CT molecular complexity index is 730. The molecule has 1 aromatic heterocycles. The minimum Gasteiger partial charge on any atom is -0.468 e. The third kappa shape index (κ3) is 3.37. The molecule has 0 amide bonds. The lowest BCUT2D eigenvalue weighted by Crippen LogP contribution is -2.13. The zero-order chi connectivity index (χ0) is 15.4. The van der Waals surface area contributed by atoms with Gasteiger partial charge >= 0.3 is 5.97 Å². The summed E-state index contributed by atoms with van der Waals surface area (Å²) in [5.41, 5.74) is 0.186. The number of rotatable bonds is 4. The number of nitriles is 1. The average Bonchev–Trinajstić information content (AvgIpc) is 2.91. The van der Waals surface area contributed by atoms with Crippen LogP contribution in [0.5, 0.6) is 0 Å². The van der Waals surface area contributed by atoms with Crippen molar-refractivity contribution >= 4 is 33.7 Å². The molecule has 0 N–H and O–H groups in total. The minimum absolute atomic E-state index is 0.0713. The van der Waals surface area contributed by atoms with Crippen LogP contribution in [0.4, 0.5) is 4.39 Å². The monoisotopic (exact) mass is 371 g/mol. The SMILES string of the molecule is COC(=O)Cn1nnnc1Sc1ccc(C#N)c(Br)c1F. The summed E-state index contributed by atoms with van der Waals surface area (Å²) in [6, 6.07) is 4.79. The molecule has 1 heterocycles. The number of methoxy groups -OCH3 is 1. The molecule has 0 saturated heterocycles. The number of hydrogen-bond acceptors (Lipinski definition) is 7. The number of nitrogens with zero attached hydrogens (tertiary/aromatic N) is 5. The highest BCUT2D eigenvalue weighted by molar-refractivity contribution is 9.10. The molecular formula is C11H7BrFN5O2S. The number of aromatic nitrogens is 4. The van der Waals surface area contributed by atoms with E-state index < -0.39 is 11.8 Å². The third-order valence-electron chi connectivity index (χ3n) is 2.37. The first-order valence-corrected chi connectivity index (χ1v) is 7.06. The number of carbonyl (C=O) groups is 1. The van der Waals surface area contributed by atoms with Crippen LogP contribution in [0.2, 0.25) is 0 Å². The summed E-state index contributed by atoms with van der Waals surface area (Å²) in [7, 11) is 1.25. The summed E-state index contributed by atoms with van der Waals surface area (Å²) in [6.07, 6.45) is 0. The number of halogens is 2. The second-order valence-electron chi connectivity index (χ2n) is 3.65. The predicted octanol–water partition coefficient (Wildman–Crippen LogP) is 1.77. The summed E-state index contributed by atoms with van der Waals surface area (Å²) in [4.78, 5) is 11.4. The summed E-state index contributed by atoms with van der Waals surface area (Å²) in [6.45, 7) is -0.176. The molecule has 0 unspecified atom stereocenters. The van der Waals surface area contributed by atoms with Crippen molar-refractivity contribution in [2.75, 3.05) is 7.11 Å². The average molecular weight is 372 g/mol. The first-order valence-electron chi connectivity index (χ1n) is 5.45. The van der Waals surface area contributed by atoms with Gasteiger partial charge in [0.2, 0.25) is 5.16 Å². The second-order valence-corrected chi connectivity index (χ2v) is 5.45. The zero-order valence-electron chi connectivity index (χ0n) is 10.6. The van der Waals surface area contributed by atoms with Crippen molar-refractivity contribution in [2.24, 2.45) is 0 Å². The van der Waals surface area contributed by atoms with E-state index in [-0.39, 0.29) is 26.6 Å². The van der Waals surface area contributed by atoms with Crippen LogP contribution in [0.15, 0.2) is 26.7 Å². The Hall–Kier alpha value is -1.99. The summed E-state index contributed by atoms with van der Waals surface area (Å²) >= 11 is 3.96. The van der Waals surface area contributed by atoms with Gasteiger partial charge in [0.05, 0.1) is 22.0 Å². The van der Waals surface area contributed by atoms with Crippen molar-refractivity contribution in [3.63, 3.8) is 0 Å². The maximum Gasteiger partial charge on any atom is 0.327 e. The normalized spacial score (nSPS) is 10.2. The molecule has 0 aliphatic rings. The van der Waals surface area contributed by atoms with Crippen LogP contribution in [0.1, 0.15) is 5.56 Å². The number of ether oxygens (including phenoxy) is 1. The van der Waals surface area contributed by atoms with Gasteiger partial charge in [0.15, 0.2) is 5.82 Å². The Kier molecular flexibility index (Phi) is 4.87. The van der Waals surface area contributed by atoms with Crippen LogP contribution in [0.25, 0.3) is 0 Å². The molecule has 1 aromatic carbocycles. The van der Waals surface area contributed by atoms with Crippen LogP contribution >= 0.6 is 27.7 Å². The third-order valence-corrected chi connectivity index (χ3v) is 4.16. The van der Waals surface area contributed by atoms with E-state index in [0.717, 1.165) is 11.8 Å². The van der Waals surface area contributed by atoms with Gasteiger partial charge < -0.3 is 4.74 Å². The van der Waals surface area contributed by atoms with E-state index in [9.17, 15) is 9.18 Å². The maximum absolute atomic E-state index is 14.1. The fraction of sp³-hybridized carbons (Fsp3) is 0.182. The van der Waals surface area contributed by atoms with Crippen molar-refractivity contribution in [2.45, 2.75) is 16.6 Å². The Labute approximate surface area is 131 Å². The molecule has 0 spiro atoms. The Balaban J connectivity index is 2.28. The van der Waals surface area contributed by atoms with Crippen molar-refractivity contribution in [1.82, 2.24) is 20.2 Å². The van der Waals surface area contributed by atoms with Gasteiger partial charge in [0, 0.05) is 0 Å². The van der Waals surface area contributed by atoms with Gasteiger partial charge in [-0.25, -0.2) is 9.07 Å². The van der Waals surface area contributed by atoms with Gasteiger partial charge in [-0.05, 0) is 50.3 Å². The summed E-state index contributed by atoms with van der Waals surface area (Å²) in [5, 5.41) is 19.8. The zero-order valence-corrected chi connectivity index (χ0v) is 13.0. The van der Waals surface area contributed by atoms with E-state index in [1.165, 1.54) is 23.9 Å². The molecule has 10 heteroatoms. The molecular weight excluding hydrogens is 365 g/mol. The van der Waals surface area contributed by atoms with Crippen LogP contribution in [-0.4, -0.2) is 33.3 Å². The molecule has 21 heavy (non-hydrogen) atoms. The van der Waals surface area contributed by atoms with E-state index in [4.69, 9.17) is 5.26 Å². The van der Waals surface area contributed by atoms with Gasteiger partial charge in [-0.2, -0.15) is 5.26 Å². The fourth-order valence-electron chi connectivity index (χ4n) is 1.35. The topological polar surface area (TPSA) is 93.7 Å². The molecule has 0 fully saturated rings. The van der Waals surface area contributed by atoms with Gasteiger partial charge in [-0.15, -0.1) is 5.10 Å². The van der Waals surface area contributed by atoms with E-state index in [1.807, 2.05) is 6.07 Å². The molecule has 0 aliphatic carbocycles. The summed E-state index contributed by atoms with van der Waals surface area (Å²) in [5.74, 6) is -1.11. The number of benzene rings is 1. The van der Waals surface area contributed by atoms with Crippen LogP contribution < -0.4 is 0 Å². The smallest absolute Gasteiger partial charge is 0.327 e. The van der Waals surface area contributed by atoms with E-state index >= 15 is 0 Å². The molecule has 7 nitrogen and oxygen atoms in total. The first kappa shape index (κ1) is 15.4. The number of tetrazole rings is 1. The quantitative estimate of drug-likeness (QED) is 0.755. The molecule has 2 rings (SSSR count). The Morgan fingerprint density at radius 1 is 1.62 bits per heavy atom. The highest BCUT2D eigenvalue weighted by atomic mass is 79.9. The number of hydrogen-bond donors (Lipinski definition) is 0. The van der Waals surface area contributed by atoms with Crippen LogP contribution in [0, 0.1) is 17.1 Å². The standard InChI is InChI=1S/C11H7BrFN5O2S/c1-20-8(19)5-18-11(15-16-17-18)21-7-3-2-6(4-14)9(12)10(7)13/h2-3H,5H2,1H3. The van der Waals surface area contributed by atoms with E-state index in [1.54, 1.807) is 0 Å². The van der Waals surface area contributed by atoms with E-state index in [2.05, 4.69) is 36.2 Å². The van der Waals surface area contributed by atoms with E-state index in [0.29, 0.717) is 0 Å². The molecule has 0 saturated carbocycles. The molecule has 0 aliphatic heterocycles. The lowest BCUT2D eigenvalue weighted by Gasteiger charge is -2.05.